The van der Waals surface area contributed by atoms with Crippen LogP contribution in [-0.4, -0.2) is 71.2 Å². The van der Waals surface area contributed by atoms with Gasteiger partial charge in [-0.2, -0.15) is 0 Å². The van der Waals surface area contributed by atoms with Crippen molar-refractivity contribution in [3.05, 3.63) is 28.8 Å². The zero-order chi connectivity index (χ0) is 29.4. The van der Waals surface area contributed by atoms with Crippen LogP contribution in [0.15, 0.2) is 18.2 Å². The zero-order valence-corrected chi connectivity index (χ0v) is 24.5. The van der Waals surface area contributed by atoms with E-state index in [2.05, 4.69) is 16.0 Å². The van der Waals surface area contributed by atoms with Gasteiger partial charge < -0.3 is 25.6 Å². The predicted molar refractivity (Wildman–Crippen MR) is 152 cm³/mol. The van der Waals surface area contributed by atoms with Crippen LogP contribution in [0.2, 0.25) is 5.02 Å². The summed E-state index contributed by atoms with van der Waals surface area (Å²) in [5.74, 6) is -1.55. The average molecular weight is 577 g/mol. The van der Waals surface area contributed by atoms with E-state index in [1.165, 1.54) is 43.4 Å². The van der Waals surface area contributed by atoms with E-state index in [4.69, 9.17) is 16.3 Å². The van der Waals surface area contributed by atoms with Gasteiger partial charge in [-0.25, -0.2) is 0 Å². The molecule has 0 aromatic heterocycles. The van der Waals surface area contributed by atoms with Gasteiger partial charge in [-0.3, -0.25) is 24.0 Å². The predicted octanol–water partition coefficient (Wildman–Crippen LogP) is 3.61. The Kier molecular flexibility index (Phi) is 11.5. The summed E-state index contributed by atoms with van der Waals surface area (Å²) >= 11 is 6.18. The molecule has 11 heteroatoms. The number of nitrogens with zero attached hydrogens (tertiary/aromatic N) is 1. The molecule has 4 atom stereocenters. The number of hydrogen-bond donors (Lipinski definition) is 3. The summed E-state index contributed by atoms with van der Waals surface area (Å²) in [5.41, 5.74) is 0.607. The first-order valence-electron chi connectivity index (χ1n) is 14.1. The fraction of sp³-hybridized carbons (Fsp3) is 0.621. The van der Waals surface area contributed by atoms with Gasteiger partial charge in [0.25, 0.3) is 5.91 Å². The number of benzene rings is 1. The summed E-state index contributed by atoms with van der Waals surface area (Å²) in [7, 11) is 0. The summed E-state index contributed by atoms with van der Waals surface area (Å²) in [6.45, 7) is 6.68. The topological polar surface area (TPSA) is 134 Å². The van der Waals surface area contributed by atoms with Crippen molar-refractivity contribution in [2.24, 2.45) is 0 Å². The number of nitrogens with one attached hydrogen (secondary N) is 3. The van der Waals surface area contributed by atoms with Crippen LogP contribution in [0.25, 0.3) is 0 Å². The molecule has 2 fully saturated rings. The van der Waals surface area contributed by atoms with Crippen LogP contribution in [-0.2, 0) is 23.9 Å². The molecule has 10 nitrogen and oxygen atoms in total. The van der Waals surface area contributed by atoms with E-state index in [0.717, 1.165) is 25.7 Å². The normalized spacial score (nSPS) is 19.8. The molecule has 220 valence electrons. The van der Waals surface area contributed by atoms with E-state index in [-0.39, 0.29) is 52.7 Å². The standard InChI is InChI=1S/C29H41ClN4O6/c1-17(35)15-25(19(3)40-22-9-6-5-7-10-22)33-28(38)26-11-8-14-34(26)29(39)18(2)31-27(37)21-12-13-24(23(30)16-21)32-20(4)36/h12-13,16,18-19,22,25-26H,5-11,14-15H2,1-4H3,(H,31,37)(H,32,36)(H,33,38). The summed E-state index contributed by atoms with van der Waals surface area (Å²) in [4.78, 5) is 64.2. The third kappa shape index (κ3) is 8.76. The molecule has 2 aliphatic rings. The van der Waals surface area contributed by atoms with Gasteiger partial charge in [-0.05, 0) is 64.7 Å². The second kappa shape index (κ2) is 14.6. The Labute approximate surface area is 240 Å². The lowest BCUT2D eigenvalue weighted by Gasteiger charge is -2.33. The fourth-order valence-corrected chi connectivity index (χ4v) is 5.59. The summed E-state index contributed by atoms with van der Waals surface area (Å²) in [6.07, 6.45) is 6.45. The second-order valence-corrected chi connectivity index (χ2v) is 11.3. The molecular formula is C29H41ClN4O6. The smallest absolute Gasteiger partial charge is 0.251 e. The van der Waals surface area contributed by atoms with Crippen LogP contribution in [0.5, 0.6) is 0 Å². The molecule has 1 aromatic rings. The maximum atomic E-state index is 13.4. The van der Waals surface area contributed by atoms with Crippen molar-refractivity contribution in [3.63, 3.8) is 0 Å². The number of likely N-dealkylation sites (tertiary alicyclic amines) is 1. The van der Waals surface area contributed by atoms with Crippen LogP contribution < -0.4 is 16.0 Å². The highest BCUT2D eigenvalue weighted by molar-refractivity contribution is 6.34. The van der Waals surface area contributed by atoms with Gasteiger partial charge in [-0.15, -0.1) is 0 Å². The monoisotopic (exact) mass is 576 g/mol. The van der Waals surface area contributed by atoms with Crippen LogP contribution >= 0.6 is 11.6 Å². The van der Waals surface area contributed by atoms with Gasteiger partial charge in [0.2, 0.25) is 17.7 Å². The molecule has 3 rings (SSSR count). The Balaban J connectivity index is 1.61. The zero-order valence-electron chi connectivity index (χ0n) is 23.8. The molecule has 0 radical (unpaired) electrons. The molecule has 0 spiro atoms. The SMILES string of the molecule is CC(=O)CC(NC(=O)C1CCCN1C(=O)C(C)NC(=O)c1ccc(NC(C)=O)c(Cl)c1)C(C)OC1CCCCC1. The number of ether oxygens (including phenoxy) is 1. The van der Waals surface area contributed by atoms with Gasteiger partial charge in [-0.1, -0.05) is 30.9 Å². The lowest BCUT2D eigenvalue weighted by molar-refractivity contribution is -0.140. The van der Waals surface area contributed by atoms with Crippen molar-refractivity contribution < 1.29 is 28.7 Å². The quantitative estimate of drug-likeness (QED) is 0.368. The van der Waals surface area contributed by atoms with Crippen molar-refractivity contribution >= 4 is 46.7 Å². The molecule has 3 N–H and O–H groups in total. The third-order valence-corrected chi connectivity index (χ3v) is 7.77. The second-order valence-electron chi connectivity index (χ2n) is 10.9. The first kappa shape index (κ1) is 31.5. The maximum absolute atomic E-state index is 13.4. The fourth-order valence-electron chi connectivity index (χ4n) is 5.36. The number of amides is 4. The molecular weight excluding hydrogens is 536 g/mol. The first-order valence-corrected chi connectivity index (χ1v) is 14.5. The van der Waals surface area contributed by atoms with Crippen LogP contribution in [0.4, 0.5) is 5.69 Å². The van der Waals surface area contributed by atoms with Gasteiger partial charge in [0.1, 0.15) is 17.9 Å². The molecule has 0 bridgehead atoms. The van der Waals surface area contributed by atoms with Crippen molar-refractivity contribution in [1.29, 1.82) is 0 Å². The number of carbonyl (C=O) groups excluding carboxylic acids is 5. The Morgan fingerprint density at radius 1 is 1.00 bits per heavy atom. The third-order valence-electron chi connectivity index (χ3n) is 7.46. The Morgan fingerprint density at radius 3 is 2.33 bits per heavy atom. The molecule has 1 saturated heterocycles. The molecule has 1 aromatic carbocycles. The number of carbonyl (C=O) groups is 5. The number of halogens is 1. The highest BCUT2D eigenvalue weighted by Gasteiger charge is 2.38. The summed E-state index contributed by atoms with van der Waals surface area (Å²) in [6, 6.07) is 2.35. The number of Topliss-reactive ketones (excluding diaryl/α,β-unsaturated/α-hetero) is 1. The number of ketones is 1. The molecule has 4 amide bonds. The Hall–Kier alpha value is -2.98. The minimum atomic E-state index is -0.892. The highest BCUT2D eigenvalue weighted by Crippen LogP contribution is 2.25. The average Bonchev–Trinajstić information content (AvgIpc) is 3.39. The Bertz CT molecular complexity index is 1110. The van der Waals surface area contributed by atoms with E-state index < -0.39 is 24.0 Å². The minimum absolute atomic E-state index is 0.0507. The molecule has 1 aliphatic carbocycles. The first-order chi connectivity index (χ1) is 19.0. The van der Waals surface area contributed by atoms with Gasteiger partial charge >= 0.3 is 0 Å². The van der Waals surface area contributed by atoms with E-state index in [1.54, 1.807) is 6.92 Å². The lowest BCUT2D eigenvalue weighted by Crippen LogP contribution is -2.55. The lowest BCUT2D eigenvalue weighted by atomic mass is 9.97. The minimum Gasteiger partial charge on any atom is -0.373 e. The number of hydrogen-bond acceptors (Lipinski definition) is 6. The van der Waals surface area contributed by atoms with E-state index in [9.17, 15) is 24.0 Å². The molecule has 1 heterocycles. The van der Waals surface area contributed by atoms with Crippen LogP contribution in [0.1, 0.15) is 89.4 Å². The molecule has 1 saturated carbocycles. The molecule has 1 aliphatic heterocycles. The van der Waals surface area contributed by atoms with Crippen molar-refractivity contribution in [2.45, 2.75) is 109 Å². The number of rotatable bonds is 11. The maximum Gasteiger partial charge on any atom is 0.251 e. The molecule has 40 heavy (non-hydrogen) atoms. The van der Waals surface area contributed by atoms with E-state index >= 15 is 0 Å². The molecule has 4 unspecified atom stereocenters. The van der Waals surface area contributed by atoms with E-state index in [1.807, 2.05) is 6.92 Å². The Morgan fingerprint density at radius 2 is 1.70 bits per heavy atom. The van der Waals surface area contributed by atoms with Gasteiger partial charge in [0.05, 0.1) is 29.0 Å². The summed E-state index contributed by atoms with van der Waals surface area (Å²) < 4.78 is 6.23. The van der Waals surface area contributed by atoms with Crippen LogP contribution in [0.3, 0.4) is 0 Å². The van der Waals surface area contributed by atoms with Gasteiger partial charge in [0, 0.05) is 25.5 Å². The highest BCUT2D eigenvalue weighted by atomic mass is 35.5. The largest absolute Gasteiger partial charge is 0.373 e. The van der Waals surface area contributed by atoms with Crippen molar-refractivity contribution in [1.82, 2.24) is 15.5 Å². The van der Waals surface area contributed by atoms with E-state index in [0.29, 0.717) is 25.1 Å². The van der Waals surface area contributed by atoms with Crippen molar-refractivity contribution in [2.75, 3.05) is 11.9 Å². The number of anilines is 1. The summed E-state index contributed by atoms with van der Waals surface area (Å²) in [5, 5.41) is 8.43. The van der Waals surface area contributed by atoms with Crippen molar-refractivity contribution in [3.8, 4) is 0 Å². The van der Waals surface area contributed by atoms with Crippen LogP contribution in [0, 0.1) is 0 Å². The van der Waals surface area contributed by atoms with Gasteiger partial charge in [0.15, 0.2) is 0 Å².